The van der Waals surface area contributed by atoms with Crippen LogP contribution in [-0.2, 0) is 11.0 Å². The van der Waals surface area contributed by atoms with E-state index in [1.807, 2.05) is 37.2 Å². The molecule has 40 heavy (non-hydrogen) atoms. The van der Waals surface area contributed by atoms with Crippen molar-refractivity contribution >= 4 is 34.0 Å². The SMILES string of the molecule is CN(C)C/C=C/C(=O)N1CCOc2c1ccc1ncnc(Nc3ccc(Oc4cccc(C(F)(F)F)c4)cc3)c21. The van der Waals surface area contributed by atoms with E-state index in [1.54, 1.807) is 35.2 Å². The zero-order valence-corrected chi connectivity index (χ0v) is 21.8. The minimum Gasteiger partial charge on any atom is -0.489 e. The van der Waals surface area contributed by atoms with E-state index in [2.05, 4.69) is 15.3 Å². The van der Waals surface area contributed by atoms with Gasteiger partial charge in [-0.05, 0) is 68.7 Å². The van der Waals surface area contributed by atoms with Gasteiger partial charge in [-0.15, -0.1) is 0 Å². The number of rotatable bonds is 7. The molecule has 0 atom stereocenters. The van der Waals surface area contributed by atoms with Gasteiger partial charge in [-0.25, -0.2) is 9.97 Å². The van der Waals surface area contributed by atoms with Crippen LogP contribution < -0.4 is 19.7 Å². The fourth-order valence-electron chi connectivity index (χ4n) is 4.22. The van der Waals surface area contributed by atoms with E-state index in [0.29, 0.717) is 59.3 Å². The number of alkyl halides is 3. The number of ether oxygens (including phenoxy) is 2. The average molecular weight is 550 g/mol. The zero-order chi connectivity index (χ0) is 28.3. The standard InChI is InChI=1S/C29H26F3N5O3/c1-36(2)14-4-7-25(38)37-15-16-39-27-24(37)13-12-23-26(27)28(34-18-33-23)35-20-8-10-21(11-9-20)40-22-6-3-5-19(17-22)29(30,31)32/h3-13,17-18H,14-16H2,1-2H3,(H,33,34,35)/b7-4+. The van der Waals surface area contributed by atoms with Crippen LogP contribution in [0.15, 0.2) is 79.1 Å². The van der Waals surface area contributed by atoms with Crippen LogP contribution in [0.4, 0.5) is 30.4 Å². The summed E-state index contributed by atoms with van der Waals surface area (Å²) in [4.78, 5) is 25.3. The molecule has 5 rings (SSSR count). The van der Waals surface area contributed by atoms with Crippen LogP contribution >= 0.6 is 0 Å². The van der Waals surface area contributed by atoms with E-state index in [9.17, 15) is 18.0 Å². The summed E-state index contributed by atoms with van der Waals surface area (Å²) < 4.78 is 50.7. The number of fused-ring (bicyclic) bond motifs is 3. The molecule has 1 aromatic heterocycles. The molecule has 0 unspecified atom stereocenters. The second kappa shape index (κ2) is 11.2. The lowest BCUT2D eigenvalue weighted by atomic mass is 10.1. The van der Waals surface area contributed by atoms with Crippen molar-refractivity contribution in [1.29, 1.82) is 0 Å². The van der Waals surface area contributed by atoms with E-state index < -0.39 is 11.7 Å². The number of benzene rings is 3. The van der Waals surface area contributed by atoms with Gasteiger partial charge in [-0.2, -0.15) is 13.2 Å². The molecular weight excluding hydrogens is 523 g/mol. The lowest BCUT2D eigenvalue weighted by Crippen LogP contribution is -2.37. The van der Waals surface area contributed by atoms with Crippen LogP contribution in [0.5, 0.6) is 17.2 Å². The number of hydrogen-bond donors (Lipinski definition) is 1. The van der Waals surface area contributed by atoms with Crippen molar-refractivity contribution in [2.45, 2.75) is 6.18 Å². The van der Waals surface area contributed by atoms with E-state index in [0.717, 1.165) is 12.1 Å². The summed E-state index contributed by atoms with van der Waals surface area (Å²) >= 11 is 0. The first kappa shape index (κ1) is 26.9. The van der Waals surface area contributed by atoms with Crippen molar-refractivity contribution in [2.24, 2.45) is 0 Å². The summed E-state index contributed by atoms with van der Waals surface area (Å²) in [5.41, 5.74) is 1.14. The third kappa shape index (κ3) is 5.99. The lowest BCUT2D eigenvalue weighted by molar-refractivity contribution is -0.137. The fraction of sp³-hybridized carbons (Fsp3) is 0.207. The molecule has 4 aromatic rings. The second-order valence-corrected chi connectivity index (χ2v) is 9.31. The molecule has 206 valence electrons. The second-order valence-electron chi connectivity index (χ2n) is 9.31. The molecule has 3 aromatic carbocycles. The Morgan fingerprint density at radius 1 is 1.10 bits per heavy atom. The smallest absolute Gasteiger partial charge is 0.416 e. The van der Waals surface area contributed by atoms with Crippen LogP contribution in [0.25, 0.3) is 10.9 Å². The molecule has 0 aliphatic carbocycles. The highest BCUT2D eigenvalue weighted by atomic mass is 19.4. The number of hydrogen-bond acceptors (Lipinski definition) is 7. The molecule has 2 heterocycles. The highest BCUT2D eigenvalue weighted by Crippen LogP contribution is 2.41. The molecule has 1 aliphatic heterocycles. The summed E-state index contributed by atoms with van der Waals surface area (Å²) in [6.45, 7) is 1.37. The van der Waals surface area contributed by atoms with Crippen LogP contribution in [0, 0.1) is 0 Å². The van der Waals surface area contributed by atoms with E-state index in [4.69, 9.17) is 9.47 Å². The van der Waals surface area contributed by atoms with Gasteiger partial charge in [-0.3, -0.25) is 4.79 Å². The van der Waals surface area contributed by atoms with Gasteiger partial charge in [-0.1, -0.05) is 12.1 Å². The van der Waals surface area contributed by atoms with Crippen LogP contribution in [0.2, 0.25) is 0 Å². The highest BCUT2D eigenvalue weighted by molar-refractivity contribution is 6.07. The molecule has 1 amide bonds. The molecule has 8 nitrogen and oxygen atoms in total. The van der Waals surface area contributed by atoms with Crippen LogP contribution in [0.3, 0.4) is 0 Å². The Labute approximate surface area is 228 Å². The third-order valence-electron chi connectivity index (χ3n) is 6.10. The fourth-order valence-corrected chi connectivity index (χ4v) is 4.22. The zero-order valence-electron chi connectivity index (χ0n) is 21.8. The Bertz CT molecular complexity index is 1560. The maximum absolute atomic E-state index is 13.0. The van der Waals surface area contributed by atoms with Crippen molar-refractivity contribution in [3.63, 3.8) is 0 Å². The van der Waals surface area contributed by atoms with E-state index >= 15 is 0 Å². The van der Waals surface area contributed by atoms with Gasteiger partial charge in [0.25, 0.3) is 5.91 Å². The minimum atomic E-state index is -4.45. The first-order valence-electron chi connectivity index (χ1n) is 12.4. The van der Waals surface area contributed by atoms with E-state index in [1.165, 1.54) is 18.5 Å². The normalized spacial score (nSPS) is 13.4. The number of carbonyl (C=O) groups is 1. The summed E-state index contributed by atoms with van der Waals surface area (Å²) in [7, 11) is 3.85. The monoisotopic (exact) mass is 549 g/mol. The molecule has 11 heteroatoms. The molecule has 0 spiro atoms. The molecular formula is C29H26F3N5O3. The molecule has 1 N–H and O–H groups in total. The number of nitrogens with one attached hydrogen (secondary N) is 1. The van der Waals surface area contributed by atoms with E-state index in [-0.39, 0.29) is 11.7 Å². The van der Waals surface area contributed by atoms with Crippen molar-refractivity contribution in [2.75, 3.05) is 44.0 Å². The Morgan fingerprint density at radius 3 is 2.65 bits per heavy atom. The van der Waals surface area contributed by atoms with Crippen molar-refractivity contribution in [3.8, 4) is 17.2 Å². The summed E-state index contributed by atoms with van der Waals surface area (Å²) in [5.74, 6) is 1.29. The summed E-state index contributed by atoms with van der Waals surface area (Å²) in [6.07, 6.45) is 0.347. The molecule has 0 bridgehead atoms. The highest BCUT2D eigenvalue weighted by Gasteiger charge is 2.30. The van der Waals surface area contributed by atoms with Crippen LogP contribution in [-0.4, -0.2) is 54.6 Å². The number of halogens is 3. The molecule has 0 fully saturated rings. The van der Waals surface area contributed by atoms with Gasteiger partial charge in [0, 0.05) is 18.3 Å². The van der Waals surface area contributed by atoms with Gasteiger partial charge in [0.1, 0.15) is 30.3 Å². The van der Waals surface area contributed by atoms with Crippen molar-refractivity contribution in [1.82, 2.24) is 14.9 Å². The molecule has 0 saturated carbocycles. The van der Waals surface area contributed by atoms with Gasteiger partial charge >= 0.3 is 6.18 Å². The number of amides is 1. The van der Waals surface area contributed by atoms with Crippen molar-refractivity contribution in [3.05, 3.63) is 84.7 Å². The quantitative estimate of drug-likeness (QED) is 0.282. The van der Waals surface area contributed by atoms with Gasteiger partial charge in [0.05, 0.1) is 28.7 Å². The topological polar surface area (TPSA) is 79.8 Å². The van der Waals surface area contributed by atoms with Gasteiger partial charge < -0.3 is 24.6 Å². The van der Waals surface area contributed by atoms with Crippen LogP contribution in [0.1, 0.15) is 5.56 Å². The maximum atomic E-state index is 13.0. The predicted molar refractivity (Wildman–Crippen MR) is 146 cm³/mol. The Kier molecular flexibility index (Phi) is 7.56. The first-order chi connectivity index (χ1) is 19.2. The largest absolute Gasteiger partial charge is 0.489 e. The Hall–Kier alpha value is -4.64. The Morgan fingerprint density at radius 2 is 1.90 bits per heavy atom. The number of carbonyl (C=O) groups excluding carboxylic acids is 1. The predicted octanol–water partition coefficient (Wildman–Crippen LogP) is 6.03. The van der Waals surface area contributed by atoms with Crippen molar-refractivity contribution < 1.29 is 27.4 Å². The summed E-state index contributed by atoms with van der Waals surface area (Å²) in [6, 6.07) is 15.0. The lowest BCUT2D eigenvalue weighted by Gasteiger charge is -2.30. The minimum absolute atomic E-state index is 0.0803. The number of aromatic nitrogens is 2. The summed E-state index contributed by atoms with van der Waals surface area (Å²) in [5, 5.41) is 3.87. The first-order valence-corrected chi connectivity index (χ1v) is 12.4. The Balaban J connectivity index is 1.38. The average Bonchev–Trinajstić information content (AvgIpc) is 2.93. The van der Waals surface area contributed by atoms with Gasteiger partial charge in [0.15, 0.2) is 5.75 Å². The number of anilines is 3. The molecule has 0 radical (unpaired) electrons. The third-order valence-corrected chi connectivity index (χ3v) is 6.10. The van der Waals surface area contributed by atoms with Gasteiger partial charge in [0.2, 0.25) is 0 Å². The maximum Gasteiger partial charge on any atom is 0.416 e. The molecule has 1 aliphatic rings. The molecule has 0 saturated heterocycles. The number of likely N-dealkylation sites (N-methyl/N-ethyl adjacent to an activating group) is 1. The number of nitrogens with zero attached hydrogens (tertiary/aromatic N) is 4.